The van der Waals surface area contributed by atoms with E-state index in [1.807, 2.05) is 0 Å². The van der Waals surface area contributed by atoms with Gasteiger partial charge in [-0.1, -0.05) is 11.6 Å². The Hall–Kier alpha value is -1.89. The fourth-order valence-electron chi connectivity index (χ4n) is 1.88. The molecule has 0 radical (unpaired) electrons. The molecular formula is C15H18ClN3O3. The predicted molar refractivity (Wildman–Crippen MR) is 83.4 cm³/mol. The first-order valence-corrected chi connectivity index (χ1v) is 7.13. The molecule has 0 saturated carbocycles. The summed E-state index contributed by atoms with van der Waals surface area (Å²) in [6.07, 6.45) is 1.60. The SMILES string of the molecule is Cc1nn(-c2ccc(Cl)cc2)cc1C(=O)NC(C)(CO)CO. The van der Waals surface area contributed by atoms with Crippen LogP contribution in [0.15, 0.2) is 30.5 Å². The van der Waals surface area contributed by atoms with Crippen molar-refractivity contribution in [3.63, 3.8) is 0 Å². The Morgan fingerprint density at radius 2 is 1.91 bits per heavy atom. The van der Waals surface area contributed by atoms with Crippen LogP contribution in [0.4, 0.5) is 0 Å². The van der Waals surface area contributed by atoms with E-state index >= 15 is 0 Å². The Morgan fingerprint density at radius 3 is 2.45 bits per heavy atom. The fraction of sp³-hybridized carbons (Fsp3) is 0.333. The first-order chi connectivity index (χ1) is 10.4. The molecule has 0 unspecified atom stereocenters. The first kappa shape index (κ1) is 16.5. The molecule has 1 aromatic carbocycles. The molecule has 0 fully saturated rings. The minimum Gasteiger partial charge on any atom is -0.394 e. The van der Waals surface area contributed by atoms with E-state index < -0.39 is 11.4 Å². The van der Waals surface area contributed by atoms with Gasteiger partial charge in [-0.3, -0.25) is 4.79 Å². The molecule has 2 aromatic rings. The van der Waals surface area contributed by atoms with E-state index in [1.165, 1.54) is 0 Å². The molecule has 6 nitrogen and oxygen atoms in total. The summed E-state index contributed by atoms with van der Waals surface area (Å²) in [6, 6.07) is 7.06. The van der Waals surface area contributed by atoms with Crippen LogP contribution in [0.3, 0.4) is 0 Å². The van der Waals surface area contributed by atoms with Crippen molar-refractivity contribution in [3.8, 4) is 5.69 Å². The molecule has 0 aliphatic heterocycles. The van der Waals surface area contributed by atoms with Crippen molar-refractivity contribution in [2.75, 3.05) is 13.2 Å². The zero-order valence-corrected chi connectivity index (χ0v) is 13.1. The minimum absolute atomic E-state index is 0.361. The summed E-state index contributed by atoms with van der Waals surface area (Å²) in [5.74, 6) is -0.400. The van der Waals surface area contributed by atoms with Crippen molar-refractivity contribution in [3.05, 3.63) is 46.7 Å². The summed E-state index contributed by atoms with van der Waals surface area (Å²) in [7, 11) is 0. The summed E-state index contributed by atoms with van der Waals surface area (Å²) in [5, 5.41) is 26.0. The molecule has 0 atom stereocenters. The maximum Gasteiger partial charge on any atom is 0.255 e. The third kappa shape index (κ3) is 3.47. The molecule has 0 saturated heterocycles. The van der Waals surface area contributed by atoms with Crippen LogP contribution < -0.4 is 5.32 Å². The largest absolute Gasteiger partial charge is 0.394 e. The van der Waals surface area contributed by atoms with Crippen molar-refractivity contribution >= 4 is 17.5 Å². The van der Waals surface area contributed by atoms with Crippen LogP contribution in [0, 0.1) is 6.92 Å². The number of carbonyl (C=O) groups is 1. The molecule has 3 N–H and O–H groups in total. The number of aromatic nitrogens is 2. The lowest BCUT2D eigenvalue weighted by molar-refractivity contribution is 0.0723. The highest BCUT2D eigenvalue weighted by atomic mass is 35.5. The molecule has 1 aromatic heterocycles. The van der Waals surface area contributed by atoms with Gasteiger partial charge in [-0.2, -0.15) is 5.10 Å². The van der Waals surface area contributed by atoms with Gasteiger partial charge in [-0.05, 0) is 38.1 Å². The van der Waals surface area contributed by atoms with Gasteiger partial charge in [-0.25, -0.2) is 4.68 Å². The van der Waals surface area contributed by atoms with Gasteiger partial charge in [-0.15, -0.1) is 0 Å². The standard InChI is InChI=1S/C15H18ClN3O3/c1-10-13(14(22)17-15(2,8-20)9-21)7-19(18-10)12-5-3-11(16)4-6-12/h3-7,20-21H,8-9H2,1-2H3,(H,17,22). The smallest absolute Gasteiger partial charge is 0.255 e. The highest BCUT2D eigenvalue weighted by molar-refractivity contribution is 6.30. The zero-order valence-electron chi connectivity index (χ0n) is 12.4. The van der Waals surface area contributed by atoms with E-state index in [2.05, 4.69) is 10.4 Å². The average molecular weight is 324 g/mol. The Kier molecular flexibility index (Phi) is 4.85. The van der Waals surface area contributed by atoms with Crippen molar-refractivity contribution in [2.45, 2.75) is 19.4 Å². The molecule has 118 valence electrons. The predicted octanol–water partition coefficient (Wildman–Crippen LogP) is 1.31. The van der Waals surface area contributed by atoms with E-state index in [9.17, 15) is 15.0 Å². The zero-order chi connectivity index (χ0) is 16.3. The molecule has 0 aliphatic carbocycles. The average Bonchev–Trinajstić information content (AvgIpc) is 2.90. The number of halogens is 1. The van der Waals surface area contributed by atoms with E-state index in [-0.39, 0.29) is 13.2 Å². The highest BCUT2D eigenvalue weighted by Gasteiger charge is 2.26. The number of nitrogens with zero attached hydrogens (tertiary/aromatic N) is 2. The number of aliphatic hydroxyl groups excluding tert-OH is 2. The van der Waals surface area contributed by atoms with Crippen molar-refractivity contribution in [1.29, 1.82) is 0 Å². The Labute approximate surface area is 133 Å². The third-order valence-electron chi connectivity index (χ3n) is 3.35. The van der Waals surface area contributed by atoms with E-state index in [1.54, 1.807) is 49.0 Å². The topological polar surface area (TPSA) is 87.4 Å². The van der Waals surface area contributed by atoms with Crippen LogP contribution in [-0.2, 0) is 0 Å². The van der Waals surface area contributed by atoms with Gasteiger partial charge in [0, 0.05) is 11.2 Å². The Morgan fingerprint density at radius 1 is 1.32 bits per heavy atom. The number of nitrogens with one attached hydrogen (secondary N) is 1. The van der Waals surface area contributed by atoms with Crippen molar-refractivity contribution in [2.24, 2.45) is 0 Å². The van der Waals surface area contributed by atoms with Crippen molar-refractivity contribution < 1.29 is 15.0 Å². The summed E-state index contributed by atoms with van der Waals surface area (Å²) in [6.45, 7) is 2.56. The van der Waals surface area contributed by atoms with Crippen LogP contribution in [0.1, 0.15) is 23.0 Å². The molecule has 7 heteroatoms. The van der Waals surface area contributed by atoms with Gasteiger partial charge in [0.15, 0.2) is 0 Å². The summed E-state index contributed by atoms with van der Waals surface area (Å²) in [5.41, 5.74) is 0.624. The number of benzene rings is 1. The number of amides is 1. The number of carbonyl (C=O) groups excluding carboxylic acids is 1. The van der Waals surface area contributed by atoms with Crippen molar-refractivity contribution in [1.82, 2.24) is 15.1 Å². The summed E-state index contributed by atoms with van der Waals surface area (Å²) >= 11 is 5.85. The molecule has 1 amide bonds. The number of aliphatic hydroxyl groups is 2. The highest BCUT2D eigenvalue weighted by Crippen LogP contribution is 2.16. The van der Waals surface area contributed by atoms with Gasteiger partial charge >= 0.3 is 0 Å². The molecule has 0 spiro atoms. The molecule has 0 aliphatic rings. The van der Waals surface area contributed by atoms with Gasteiger partial charge in [0.1, 0.15) is 0 Å². The van der Waals surface area contributed by atoms with Gasteiger partial charge in [0.25, 0.3) is 5.91 Å². The molecule has 22 heavy (non-hydrogen) atoms. The summed E-state index contributed by atoms with van der Waals surface area (Å²) in [4.78, 5) is 12.3. The third-order valence-corrected chi connectivity index (χ3v) is 3.60. The fourth-order valence-corrected chi connectivity index (χ4v) is 2.01. The second-order valence-electron chi connectivity index (χ2n) is 5.38. The Balaban J connectivity index is 2.26. The normalized spacial score (nSPS) is 11.5. The van der Waals surface area contributed by atoms with E-state index in [0.29, 0.717) is 16.3 Å². The van der Waals surface area contributed by atoms with Gasteiger partial charge in [0.2, 0.25) is 0 Å². The molecule has 1 heterocycles. The van der Waals surface area contributed by atoms with Crippen LogP contribution in [-0.4, -0.2) is 44.7 Å². The van der Waals surface area contributed by atoms with Gasteiger partial charge < -0.3 is 15.5 Å². The lowest BCUT2D eigenvalue weighted by Crippen LogP contribution is -2.51. The number of hydrogen-bond donors (Lipinski definition) is 3. The second kappa shape index (κ2) is 6.48. The molecule has 0 bridgehead atoms. The van der Waals surface area contributed by atoms with Crippen LogP contribution in [0.5, 0.6) is 0 Å². The number of hydrogen-bond acceptors (Lipinski definition) is 4. The minimum atomic E-state index is -1.08. The quantitative estimate of drug-likeness (QED) is 0.774. The van der Waals surface area contributed by atoms with E-state index in [4.69, 9.17) is 11.6 Å². The maximum atomic E-state index is 12.3. The second-order valence-corrected chi connectivity index (χ2v) is 5.82. The Bertz CT molecular complexity index is 663. The number of rotatable bonds is 5. The van der Waals surface area contributed by atoms with Crippen LogP contribution in [0.2, 0.25) is 5.02 Å². The lowest BCUT2D eigenvalue weighted by atomic mass is 10.0. The monoisotopic (exact) mass is 323 g/mol. The summed E-state index contributed by atoms with van der Waals surface area (Å²) < 4.78 is 1.58. The van der Waals surface area contributed by atoms with Crippen LogP contribution >= 0.6 is 11.6 Å². The van der Waals surface area contributed by atoms with E-state index in [0.717, 1.165) is 5.69 Å². The molecule has 2 rings (SSSR count). The molecular weight excluding hydrogens is 306 g/mol. The first-order valence-electron chi connectivity index (χ1n) is 6.75. The van der Waals surface area contributed by atoms with Gasteiger partial charge in [0.05, 0.1) is 35.7 Å². The lowest BCUT2D eigenvalue weighted by Gasteiger charge is -2.25. The van der Waals surface area contributed by atoms with Crippen LogP contribution in [0.25, 0.3) is 5.69 Å². The number of aryl methyl sites for hydroxylation is 1. The maximum absolute atomic E-state index is 12.3.